The number of pyridine rings is 1. The maximum atomic E-state index is 12.4. The minimum atomic E-state index is -0.248. The van der Waals surface area contributed by atoms with Crippen molar-refractivity contribution in [2.45, 2.75) is 6.61 Å². The van der Waals surface area contributed by atoms with Crippen LogP contribution in [-0.2, 0) is 6.61 Å². The molecule has 7 nitrogen and oxygen atoms in total. The topological polar surface area (TPSA) is 81.9 Å². The van der Waals surface area contributed by atoms with Crippen LogP contribution in [0.15, 0.2) is 77.7 Å². The SMILES string of the molecule is COc1ccc(C(=O)Nc2cccc(OCc3cc(=O)n4cc(Cl)ccc4n3)c2)cc1. The van der Waals surface area contributed by atoms with Gasteiger partial charge in [0.25, 0.3) is 11.5 Å². The number of ether oxygens (including phenoxy) is 2. The molecule has 2 aromatic carbocycles. The van der Waals surface area contributed by atoms with Gasteiger partial charge in [0.05, 0.1) is 17.8 Å². The number of carbonyl (C=O) groups excluding carboxylic acids is 1. The second-order valence-corrected chi connectivity index (χ2v) is 7.10. The molecule has 0 bridgehead atoms. The fourth-order valence-corrected chi connectivity index (χ4v) is 3.13. The van der Waals surface area contributed by atoms with Crippen molar-refractivity contribution >= 4 is 28.8 Å². The Hall–Kier alpha value is -3.84. The summed E-state index contributed by atoms with van der Waals surface area (Å²) in [6, 6.07) is 18.6. The van der Waals surface area contributed by atoms with Gasteiger partial charge >= 0.3 is 0 Å². The average molecular weight is 436 g/mol. The number of carbonyl (C=O) groups is 1. The summed E-state index contributed by atoms with van der Waals surface area (Å²) in [5, 5.41) is 3.28. The lowest BCUT2D eigenvalue weighted by molar-refractivity contribution is 0.102. The number of halogens is 1. The van der Waals surface area contributed by atoms with Gasteiger partial charge in [-0.05, 0) is 48.5 Å². The monoisotopic (exact) mass is 435 g/mol. The molecule has 0 aliphatic carbocycles. The van der Waals surface area contributed by atoms with E-state index in [1.807, 2.05) is 0 Å². The summed E-state index contributed by atoms with van der Waals surface area (Å²) in [4.78, 5) is 29.1. The van der Waals surface area contributed by atoms with Crippen LogP contribution in [0.2, 0.25) is 5.02 Å². The summed E-state index contributed by atoms with van der Waals surface area (Å²) >= 11 is 5.93. The van der Waals surface area contributed by atoms with E-state index in [4.69, 9.17) is 21.1 Å². The van der Waals surface area contributed by atoms with E-state index in [1.165, 1.54) is 16.7 Å². The van der Waals surface area contributed by atoms with Crippen molar-refractivity contribution in [3.05, 3.63) is 99.6 Å². The number of hydrogen-bond acceptors (Lipinski definition) is 5. The lowest BCUT2D eigenvalue weighted by atomic mass is 10.2. The molecule has 0 spiro atoms. The van der Waals surface area contributed by atoms with Gasteiger partial charge < -0.3 is 14.8 Å². The molecule has 4 rings (SSSR count). The van der Waals surface area contributed by atoms with Crippen molar-refractivity contribution in [3.63, 3.8) is 0 Å². The summed E-state index contributed by atoms with van der Waals surface area (Å²) in [7, 11) is 1.57. The zero-order chi connectivity index (χ0) is 21.8. The van der Waals surface area contributed by atoms with Crippen molar-refractivity contribution in [1.82, 2.24) is 9.38 Å². The maximum absolute atomic E-state index is 12.4. The minimum absolute atomic E-state index is 0.101. The van der Waals surface area contributed by atoms with Crippen molar-refractivity contribution in [2.24, 2.45) is 0 Å². The Bertz CT molecular complexity index is 1300. The van der Waals surface area contributed by atoms with Crippen LogP contribution in [0.25, 0.3) is 5.65 Å². The van der Waals surface area contributed by atoms with Crippen LogP contribution in [0.5, 0.6) is 11.5 Å². The van der Waals surface area contributed by atoms with Gasteiger partial charge in [-0.2, -0.15) is 0 Å². The number of benzene rings is 2. The van der Waals surface area contributed by atoms with E-state index in [0.717, 1.165) is 0 Å². The summed E-state index contributed by atoms with van der Waals surface area (Å²) < 4.78 is 12.3. The number of anilines is 1. The molecule has 0 unspecified atom stereocenters. The normalized spacial score (nSPS) is 10.6. The maximum Gasteiger partial charge on any atom is 0.258 e. The second kappa shape index (κ2) is 8.89. The molecule has 156 valence electrons. The summed E-state index contributed by atoms with van der Waals surface area (Å²) in [5.41, 5.74) is 1.81. The predicted molar refractivity (Wildman–Crippen MR) is 118 cm³/mol. The molecule has 8 heteroatoms. The Kier molecular flexibility index (Phi) is 5.86. The highest BCUT2D eigenvalue weighted by Crippen LogP contribution is 2.20. The van der Waals surface area contributed by atoms with Crippen LogP contribution in [0.3, 0.4) is 0 Å². The lowest BCUT2D eigenvalue weighted by Crippen LogP contribution is -2.16. The van der Waals surface area contributed by atoms with E-state index >= 15 is 0 Å². The van der Waals surface area contributed by atoms with Gasteiger partial charge in [0.1, 0.15) is 23.8 Å². The molecule has 0 aliphatic rings. The van der Waals surface area contributed by atoms with Crippen LogP contribution >= 0.6 is 11.6 Å². The lowest BCUT2D eigenvalue weighted by Gasteiger charge is -2.10. The quantitative estimate of drug-likeness (QED) is 0.491. The van der Waals surface area contributed by atoms with Crippen LogP contribution in [-0.4, -0.2) is 22.4 Å². The van der Waals surface area contributed by atoms with Gasteiger partial charge in [0.15, 0.2) is 0 Å². The highest BCUT2D eigenvalue weighted by molar-refractivity contribution is 6.30. The first kappa shape index (κ1) is 20.4. The van der Waals surface area contributed by atoms with Gasteiger partial charge in [-0.1, -0.05) is 17.7 Å². The third-order valence-electron chi connectivity index (χ3n) is 4.51. The molecule has 0 saturated carbocycles. The summed E-state index contributed by atoms with van der Waals surface area (Å²) in [6.07, 6.45) is 1.52. The number of aromatic nitrogens is 2. The molecular weight excluding hydrogens is 418 g/mol. The number of nitrogens with zero attached hydrogens (tertiary/aromatic N) is 2. The van der Waals surface area contributed by atoms with Crippen LogP contribution in [0, 0.1) is 0 Å². The molecule has 1 N–H and O–H groups in total. The van der Waals surface area contributed by atoms with E-state index in [9.17, 15) is 9.59 Å². The van der Waals surface area contributed by atoms with E-state index in [0.29, 0.717) is 39.1 Å². The van der Waals surface area contributed by atoms with Gasteiger partial charge in [-0.15, -0.1) is 0 Å². The largest absolute Gasteiger partial charge is 0.497 e. The number of rotatable bonds is 6. The Labute approximate surface area is 182 Å². The van der Waals surface area contributed by atoms with E-state index in [1.54, 1.807) is 67.8 Å². The first-order valence-corrected chi connectivity index (χ1v) is 9.76. The predicted octanol–water partition coefficient (Wildman–Crippen LogP) is 4.19. The summed E-state index contributed by atoms with van der Waals surface area (Å²) in [5.74, 6) is 0.963. The zero-order valence-electron chi connectivity index (χ0n) is 16.5. The third-order valence-corrected chi connectivity index (χ3v) is 4.73. The molecule has 0 fully saturated rings. The number of amides is 1. The number of hydrogen-bond donors (Lipinski definition) is 1. The average Bonchev–Trinajstić information content (AvgIpc) is 2.78. The Morgan fingerprint density at radius 2 is 1.87 bits per heavy atom. The number of nitrogens with one attached hydrogen (secondary N) is 1. The molecule has 31 heavy (non-hydrogen) atoms. The van der Waals surface area contributed by atoms with Gasteiger partial charge in [0.2, 0.25) is 0 Å². The number of fused-ring (bicyclic) bond motifs is 1. The van der Waals surface area contributed by atoms with Gasteiger partial charge in [-0.25, -0.2) is 4.98 Å². The molecule has 1 amide bonds. The first-order chi connectivity index (χ1) is 15.0. The fourth-order valence-electron chi connectivity index (χ4n) is 2.97. The number of methoxy groups -OCH3 is 1. The second-order valence-electron chi connectivity index (χ2n) is 6.66. The Morgan fingerprint density at radius 3 is 2.65 bits per heavy atom. The summed E-state index contributed by atoms with van der Waals surface area (Å²) in [6.45, 7) is 0.101. The van der Waals surface area contributed by atoms with Gasteiger partial charge in [0, 0.05) is 29.6 Å². The Balaban J connectivity index is 1.45. The van der Waals surface area contributed by atoms with E-state index < -0.39 is 0 Å². The molecule has 0 saturated heterocycles. The minimum Gasteiger partial charge on any atom is -0.497 e. The molecule has 0 radical (unpaired) electrons. The Morgan fingerprint density at radius 1 is 1.06 bits per heavy atom. The molecule has 0 atom stereocenters. The standard InChI is InChI=1S/C23H18ClN3O4/c1-30-19-8-5-15(6-9-19)23(29)26-17-3-2-4-20(11-17)31-14-18-12-22(28)27-13-16(24)7-10-21(27)25-18/h2-13H,14H2,1H3,(H,26,29). The van der Waals surface area contributed by atoms with Crippen LogP contribution in [0.4, 0.5) is 5.69 Å². The molecular formula is C23H18ClN3O4. The molecule has 2 aromatic heterocycles. The van der Waals surface area contributed by atoms with Crippen molar-refractivity contribution < 1.29 is 14.3 Å². The van der Waals surface area contributed by atoms with Gasteiger partial charge in [-0.3, -0.25) is 14.0 Å². The van der Waals surface area contributed by atoms with Crippen molar-refractivity contribution in [3.8, 4) is 11.5 Å². The van der Waals surface area contributed by atoms with Crippen LogP contribution < -0.4 is 20.3 Å². The molecule has 4 aromatic rings. The smallest absolute Gasteiger partial charge is 0.258 e. The highest BCUT2D eigenvalue weighted by atomic mass is 35.5. The third kappa shape index (κ3) is 4.84. The van der Waals surface area contributed by atoms with E-state index in [-0.39, 0.29) is 18.1 Å². The van der Waals surface area contributed by atoms with Crippen molar-refractivity contribution in [1.29, 1.82) is 0 Å². The van der Waals surface area contributed by atoms with Crippen LogP contribution in [0.1, 0.15) is 16.1 Å². The fraction of sp³-hybridized carbons (Fsp3) is 0.0870. The highest BCUT2D eigenvalue weighted by Gasteiger charge is 2.08. The zero-order valence-corrected chi connectivity index (χ0v) is 17.3. The molecule has 0 aliphatic heterocycles. The van der Waals surface area contributed by atoms with Crippen molar-refractivity contribution in [2.75, 3.05) is 12.4 Å². The first-order valence-electron chi connectivity index (χ1n) is 9.38. The molecule has 2 heterocycles. The van der Waals surface area contributed by atoms with E-state index in [2.05, 4.69) is 10.3 Å².